The second-order valence-corrected chi connectivity index (χ2v) is 3.97. The summed E-state index contributed by atoms with van der Waals surface area (Å²) in [6.45, 7) is 2.32. The van der Waals surface area contributed by atoms with Crippen LogP contribution >= 0.6 is 22.6 Å². The average Bonchev–Trinajstić information content (AvgIpc) is 2.56. The lowest BCUT2D eigenvalue weighted by atomic mass is 10.4. The predicted octanol–water partition coefficient (Wildman–Crippen LogP) is 2.23. The molecule has 0 amide bonds. The highest BCUT2D eigenvalue weighted by Crippen LogP contribution is 2.08. The van der Waals surface area contributed by atoms with Crippen molar-refractivity contribution in [1.82, 2.24) is 4.90 Å². The summed E-state index contributed by atoms with van der Waals surface area (Å²) in [5.74, 6) is 0. The number of halogens is 2. The van der Waals surface area contributed by atoms with Crippen molar-refractivity contribution >= 4 is 28.7 Å². The summed E-state index contributed by atoms with van der Waals surface area (Å²) >= 11 is 2.28. The van der Waals surface area contributed by atoms with Gasteiger partial charge in [-0.3, -0.25) is 0 Å². The lowest BCUT2D eigenvalue weighted by molar-refractivity contribution is 0.452. The van der Waals surface area contributed by atoms with E-state index in [1.165, 1.54) is 0 Å². The molecule has 1 fully saturated rings. The highest BCUT2D eigenvalue weighted by Gasteiger charge is 2.14. The monoisotopic (exact) mass is 284 g/mol. The third-order valence-electron chi connectivity index (χ3n) is 1.90. The zero-order valence-electron chi connectivity index (χ0n) is 7.10. The first-order valence-corrected chi connectivity index (χ1v) is 5.88. The van der Waals surface area contributed by atoms with Crippen molar-refractivity contribution < 1.29 is 4.39 Å². The number of hydrogen-bond acceptors (Lipinski definition) is 1. The van der Waals surface area contributed by atoms with Crippen LogP contribution in [0.4, 0.5) is 4.39 Å². The van der Waals surface area contributed by atoms with E-state index >= 15 is 0 Å². The Bertz CT molecular complexity index is 155. The Labute approximate surface area is 86.4 Å². The fourth-order valence-electron chi connectivity index (χ4n) is 1.23. The van der Waals surface area contributed by atoms with Gasteiger partial charge in [-0.25, -0.2) is 4.99 Å². The predicted molar refractivity (Wildman–Crippen MR) is 57.7 cm³/mol. The second kappa shape index (κ2) is 5.72. The lowest BCUT2D eigenvalue weighted by Gasteiger charge is -2.12. The van der Waals surface area contributed by atoms with Crippen LogP contribution in [-0.2, 0) is 0 Å². The van der Waals surface area contributed by atoms with E-state index in [0.717, 1.165) is 36.8 Å². The van der Waals surface area contributed by atoms with Crippen LogP contribution in [0.2, 0.25) is 0 Å². The second-order valence-electron chi connectivity index (χ2n) is 2.89. The Morgan fingerprint density at radius 2 is 2.08 bits per heavy atom. The van der Waals surface area contributed by atoms with Crippen molar-refractivity contribution in [2.24, 2.45) is 4.99 Å². The maximum absolute atomic E-state index is 13.1. The number of hydrogen-bond donors (Lipinski definition) is 0. The van der Waals surface area contributed by atoms with E-state index in [1.807, 2.05) is 0 Å². The van der Waals surface area contributed by atoms with Crippen LogP contribution in [0, 0.1) is 0 Å². The standard InChI is InChI=1S/C8H14FIN2/c9-8(11-5-3-4-10)12-6-1-2-7-12/h1-7H2/b11-8-. The Morgan fingerprint density at radius 3 is 2.67 bits per heavy atom. The number of amidine groups is 1. The van der Waals surface area contributed by atoms with Crippen LogP contribution in [0.5, 0.6) is 0 Å². The summed E-state index contributed by atoms with van der Waals surface area (Å²) in [5, 5.41) is 0. The molecule has 1 aliphatic heterocycles. The molecule has 0 spiro atoms. The van der Waals surface area contributed by atoms with Gasteiger partial charge in [-0.05, 0) is 19.3 Å². The van der Waals surface area contributed by atoms with Gasteiger partial charge in [-0.15, -0.1) is 0 Å². The van der Waals surface area contributed by atoms with Crippen LogP contribution in [0.3, 0.4) is 0 Å². The molecule has 0 saturated carbocycles. The molecule has 0 aromatic carbocycles. The summed E-state index contributed by atoms with van der Waals surface area (Å²) in [7, 11) is 0. The van der Waals surface area contributed by atoms with Crippen LogP contribution in [0.25, 0.3) is 0 Å². The molecule has 1 saturated heterocycles. The molecule has 70 valence electrons. The highest BCUT2D eigenvalue weighted by atomic mass is 127. The molecule has 4 heteroatoms. The highest BCUT2D eigenvalue weighted by molar-refractivity contribution is 14.1. The van der Waals surface area contributed by atoms with Gasteiger partial charge in [0.15, 0.2) is 0 Å². The smallest absolute Gasteiger partial charge is 0.280 e. The van der Waals surface area contributed by atoms with Crippen molar-refractivity contribution in [3.63, 3.8) is 0 Å². The Kier molecular flexibility index (Phi) is 4.87. The van der Waals surface area contributed by atoms with E-state index in [1.54, 1.807) is 4.90 Å². The van der Waals surface area contributed by atoms with Crippen molar-refractivity contribution in [2.45, 2.75) is 19.3 Å². The summed E-state index contributed by atoms with van der Waals surface area (Å²) in [4.78, 5) is 5.60. The zero-order chi connectivity index (χ0) is 8.81. The summed E-state index contributed by atoms with van der Waals surface area (Å²) in [5.41, 5.74) is 0. The van der Waals surface area contributed by atoms with Gasteiger partial charge in [0.2, 0.25) is 0 Å². The number of rotatable bonds is 3. The number of nitrogens with zero attached hydrogens (tertiary/aromatic N) is 2. The number of alkyl halides is 1. The van der Waals surface area contributed by atoms with Crippen LogP contribution < -0.4 is 0 Å². The normalized spacial score (nSPS) is 18.8. The minimum Gasteiger partial charge on any atom is -0.333 e. The first-order valence-electron chi connectivity index (χ1n) is 4.35. The topological polar surface area (TPSA) is 15.6 Å². The molecule has 0 N–H and O–H groups in total. The fraction of sp³-hybridized carbons (Fsp3) is 0.875. The Balaban J connectivity index is 2.24. The van der Waals surface area contributed by atoms with E-state index < -0.39 is 0 Å². The first kappa shape index (κ1) is 10.2. The van der Waals surface area contributed by atoms with Gasteiger partial charge in [-0.1, -0.05) is 22.6 Å². The molecule has 0 unspecified atom stereocenters. The summed E-state index contributed by atoms with van der Waals surface area (Å²) < 4.78 is 14.2. The van der Waals surface area contributed by atoms with Gasteiger partial charge in [-0.2, -0.15) is 4.39 Å². The largest absolute Gasteiger partial charge is 0.333 e. The molecule has 0 radical (unpaired) electrons. The van der Waals surface area contributed by atoms with Crippen LogP contribution in [-0.4, -0.2) is 35.1 Å². The van der Waals surface area contributed by atoms with Crippen molar-refractivity contribution in [2.75, 3.05) is 24.1 Å². The molecule has 12 heavy (non-hydrogen) atoms. The quantitative estimate of drug-likeness (QED) is 0.194. The van der Waals surface area contributed by atoms with Crippen LogP contribution in [0.15, 0.2) is 4.99 Å². The maximum Gasteiger partial charge on any atom is 0.280 e. The maximum atomic E-state index is 13.1. The van der Waals surface area contributed by atoms with Gasteiger partial charge in [0.05, 0.1) is 0 Å². The van der Waals surface area contributed by atoms with Gasteiger partial charge in [0.25, 0.3) is 6.09 Å². The van der Waals surface area contributed by atoms with E-state index in [2.05, 4.69) is 27.6 Å². The molecule has 0 aliphatic carbocycles. The molecule has 1 aliphatic rings. The fourth-order valence-corrected chi connectivity index (χ4v) is 1.57. The summed E-state index contributed by atoms with van der Waals surface area (Å²) in [6.07, 6.45) is 2.93. The van der Waals surface area contributed by atoms with E-state index in [0.29, 0.717) is 6.54 Å². The van der Waals surface area contributed by atoms with Crippen molar-refractivity contribution in [3.05, 3.63) is 0 Å². The van der Waals surface area contributed by atoms with E-state index in [4.69, 9.17) is 0 Å². The van der Waals surface area contributed by atoms with Gasteiger partial charge in [0.1, 0.15) is 0 Å². The average molecular weight is 284 g/mol. The zero-order valence-corrected chi connectivity index (χ0v) is 9.26. The lowest BCUT2D eigenvalue weighted by Crippen LogP contribution is -2.24. The third kappa shape index (κ3) is 3.25. The first-order chi connectivity index (χ1) is 5.84. The van der Waals surface area contributed by atoms with Gasteiger partial charge in [0, 0.05) is 24.1 Å². The number of aliphatic imine (C=N–C) groups is 1. The summed E-state index contributed by atoms with van der Waals surface area (Å²) in [6, 6.07) is 0. The molecule has 2 nitrogen and oxygen atoms in total. The molecule has 0 bridgehead atoms. The van der Waals surface area contributed by atoms with Gasteiger partial charge < -0.3 is 4.90 Å². The van der Waals surface area contributed by atoms with Gasteiger partial charge >= 0.3 is 0 Å². The number of likely N-dealkylation sites (tertiary alicyclic amines) is 1. The molecular formula is C8H14FIN2. The Hall–Kier alpha value is 0.130. The molecule has 0 atom stereocenters. The molecule has 1 rings (SSSR count). The van der Waals surface area contributed by atoms with E-state index in [9.17, 15) is 4.39 Å². The molecule has 0 aromatic rings. The van der Waals surface area contributed by atoms with E-state index in [-0.39, 0.29) is 6.09 Å². The molecule has 1 heterocycles. The molecular weight excluding hydrogens is 270 g/mol. The SMILES string of the molecule is F/C(=N/CCCI)N1CCCC1. The minimum absolute atomic E-state index is 0.252. The van der Waals surface area contributed by atoms with Crippen LogP contribution in [0.1, 0.15) is 19.3 Å². The minimum atomic E-state index is -0.252. The Morgan fingerprint density at radius 1 is 1.42 bits per heavy atom. The third-order valence-corrected chi connectivity index (χ3v) is 2.66. The van der Waals surface area contributed by atoms with Crippen molar-refractivity contribution in [1.29, 1.82) is 0 Å². The van der Waals surface area contributed by atoms with Crippen molar-refractivity contribution in [3.8, 4) is 0 Å². The molecule has 0 aromatic heterocycles.